The molecule has 5 aromatic carbocycles. The Morgan fingerprint density at radius 3 is 1.29 bits per heavy atom. The Kier molecular flexibility index (Phi) is 24.7. The molecule has 0 unspecified atom stereocenters. The number of nitrogens with zero attached hydrogens (tertiary/aromatic N) is 8. The molecule has 606 valence electrons. The first-order valence-corrected chi connectivity index (χ1v) is 45.0. The van der Waals surface area contributed by atoms with E-state index in [2.05, 4.69) is 121 Å². The van der Waals surface area contributed by atoms with E-state index in [1.54, 1.807) is 102 Å². The lowest BCUT2D eigenvalue weighted by atomic mass is 9.88. The van der Waals surface area contributed by atoms with Crippen LogP contribution in [0.4, 0.5) is 13.2 Å². The van der Waals surface area contributed by atoms with Gasteiger partial charge in [-0.25, -0.2) is 52.9 Å². The molecule has 13 heterocycles. The molecule has 117 heavy (non-hydrogen) atoms. The number of hydrogen-bond donors (Lipinski definition) is 1. The predicted octanol–water partition coefficient (Wildman–Crippen LogP) is 20.2. The molecule has 0 atom stereocenters. The normalized spacial score (nSPS) is 15.7. The van der Waals surface area contributed by atoms with Gasteiger partial charge < -0.3 is 28.5 Å². The molecular formula is C89H90BBrF3N9O9S5. The summed E-state index contributed by atoms with van der Waals surface area (Å²) >= 11 is 8.73. The Morgan fingerprint density at radius 2 is 0.855 bits per heavy atom. The SMILES string of the molecule is CC1(C)OB(c2ccc(CN3CCCC3)s2)OC1(C)C.COc1c(F)cccc1-c1c[nH]c2ncc(-c3ccc(CN4CCCC4)s3)cc12.COc1c(F)cccc1-c1cn(S(=O)(=O)c2ccc(C)cc2)c2ncc(-c3ccc(CN4CCCC4)s3)cc12.COc1c(F)cccc1-c1cn(S(=O)(=O)c2ccc(C)cc2)c2ncc(Br)cc12. The number of halogens is 4. The zero-order chi connectivity index (χ0) is 82.1. The third kappa shape index (κ3) is 17.6. The second-order valence-electron chi connectivity index (χ2n) is 30.6. The summed E-state index contributed by atoms with van der Waals surface area (Å²) in [5.74, 6) is -1.07. The molecule has 28 heteroatoms. The number of rotatable bonds is 19. The number of ether oxygens (including phenoxy) is 3. The number of nitrogens with one attached hydrogen (secondary N) is 1. The van der Waals surface area contributed by atoms with Gasteiger partial charge >= 0.3 is 7.12 Å². The predicted molar refractivity (Wildman–Crippen MR) is 467 cm³/mol. The van der Waals surface area contributed by atoms with Gasteiger partial charge in [-0.1, -0.05) is 77.9 Å². The largest absolute Gasteiger partial charge is 0.505 e. The molecule has 0 radical (unpaired) electrons. The topological polar surface area (TPSA) is 188 Å². The number of para-hydroxylation sites is 3. The molecule has 0 spiro atoms. The minimum absolute atomic E-state index is 0.0410. The number of aromatic amines is 1. The van der Waals surface area contributed by atoms with Gasteiger partial charge in [0.25, 0.3) is 20.0 Å². The van der Waals surface area contributed by atoms with Gasteiger partial charge in [0, 0.05) is 151 Å². The molecule has 0 saturated carbocycles. The van der Waals surface area contributed by atoms with Crippen LogP contribution in [0, 0.1) is 31.3 Å². The highest BCUT2D eigenvalue weighted by Gasteiger charge is 2.52. The monoisotopic (exact) mass is 1740 g/mol. The molecule has 4 aliphatic heterocycles. The summed E-state index contributed by atoms with van der Waals surface area (Å²) in [6.07, 6.45) is 17.8. The zero-order valence-electron chi connectivity index (χ0n) is 66.5. The average molecular weight is 1740 g/mol. The second kappa shape index (κ2) is 34.9. The quantitative estimate of drug-likeness (QED) is 0.0752. The number of pyridine rings is 3. The van der Waals surface area contributed by atoms with Crippen molar-refractivity contribution in [1.82, 2.24) is 42.6 Å². The Hall–Kier alpha value is -9.30. The number of fused-ring (bicyclic) bond motifs is 3. The Morgan fingerprint density at radius 1 is 0.470 bits per heavy atom. The number of hydrogen-bond acceptors (Lipinski definition) is 18. The van der Waals surface area contributed by atoms with E-state index in [0.29, 0.717) is 37.5 Å². The molecule has 18 nitrogen and oxygen atoms in total. The number of thiophene rings is 3. The van der Waals surface area contributed by atoms with Crippen molar-refractivity contribution in [1.29, 1.82) is 0 Å². The van der Waals surface area contributed by atoms with E-state index >= 15 is 0 Å². The van der Waals surface area contributed by atoms with Gasteiger partial charge in [-0.2, -0.15) is 0 Å². The van der Waals surface area contributed by atoms with Crippen molar-refractivity contribution in [2.24, 2.45) is 0 Å². The molecule has 4 saturated heterocycles. The van der Waals surface area contributed by atoms with Gasteiger partial charge in [-0.3, -0.25) is 14.7 Å². The summed E-state index contributed by atoms with van der Waals surface area (Å²) in [6.45, 7) is 22.4. The summed E-state index contributed by atoms with van der Waals surface area (Å²) in [5, 5.41) is 2.11. The third-order valence-corrected chi connectivity index (χ3v) is 29.1. The summed E-state index contributed by atoms with van der Waals surface area (Å²) in [7, 11) is -3.82. The Balaban J connectivity index is 0.000000125. The summed E-state index contributed by atoms with van der Waals surface area (Å²) in [5.41, 5.74) is 8.19. The average Bonchev–Trinajstić information content (AvgIpc) is 1.59. The van der Waals surface area contributed by atoms with E-state index in [1.807, 2.05) is 61.0 Å². The third-order valence-electron chi connectivity index (χ3n) is 22.1. The lowest BCUT2D eigenvalue weighted by Gasteiger charge is -2.32. The first kappa shape index (κ1) is 82.8. The van der Waals surface area contributed by atoms with Crippen LogP contribution in [0.2, 0.25) is 0 Å². The molecule has 0 aliphatic carbocycles. The molecule has 1 N–H and O–H groups in total. The van der Waals surface area contributed by atoms with Gasteiger partial charge in [0.15, 0.2) is 46.0 Å². The summed E-state index contributed by atoms with van der Waals surface area (Å²) in [6, 6.07) is 46.2. The van der Waals surface area contributed by atoms with Crippen LogP contribution in [-0.4, -0.2) is 138 Å². The smallest absolute Gasteiger partial charge is 0.493 e. The van der Waals surface area contributed by atoms with Crippen molar-refractivity contribution in [2.75, 3.05) is 60.6 Å². The molecule has 0 amide bonds. The number of H-pyrrole nitrogens is 1. The van der Waals surface area contributed by atoms with Crippen LogP contribution in [0.5, 0.6) is 17.2 Å². The highest BCUT2D eigenvalue weighted by Crippen LogP contribution is 2.45. The maximum absolute atomic E-state index is 14.7. The fraction of sp³-hybridized carbons (Fsp3) is 0.292. The van der Waals surface area contributed by atoms with Crippen LogP contribution < -0.4 is 19.0 Å². The van der Waals surface area contributed by atoms with Crippen LogP contribution >= 0.6 is 49.9 Å². The summed E-state index contributed by atoms with van der Waals surface area (Å²) < 4.78 is 130. The maximum Gasteiger partial charge on any atom is 0.505 e. The number of aryl methyl sites for hydroxylation is 2. The molecule has 14 aromatic rings. The molecule has 18 rings (SSSR count). The number of methoxy groups -OCH3 is 3. The van der Waals surface area contributed by atoms with Crippen LogP contribution in [0.3, 0.4) is 0 Å². The van der Waals surface area contributed by atoms with Crippen LogP contribution in [0.25, 0.3) is 87.4 Å². The first-order chi connectivity index (χ1) is 56.3. The zero-order valence-corrected chi connectivity index (χ0v) is 72.1. The minimum atomic E-state index is -3.97. The Labute approximate surface area is 701 Å². The van der Waals surface area contributed by atoms with Gasteiger partial charge in [0.05, 0.1) is 42.3 Å². The van der Waals surface area contributed by atoms with Gasteiger partial charge in [-0.15, -0.1) is 34.0 Å². The van der Waals surface area contributed by atoms with E-state index in [9.17, 15) is 30.0 Å². The summed E-state index contributed by atoms with van der Waals surface area (Å²) in [4.78, 5) is 30.9. The maximum atomic E-state index is 14.7. The standard InChI is InChI=1S/C30H28FN3O3S2.C23H22FN3OS.C21H16BrFN2O3S.C15H24BNO2S/c1-20-8-11-23(12-9-20)39(35,36)34-19-26(24-6-5-7-27(31)29(24)37-2)25-16-21(17-32-30(25)34)28-13-10-22(38-28)18-33-14-3-4-15-33;1-28-22-17(5-4-6-20(22)24)19-13-26-23-18(19)11-15(12-25-23)21-8-7-16(29-21)14-27-9-2-3-10-27;1-13-6-8-15(9-7-13)29(26,27)25-12-18(17-10-14(22)11-24-21(17)25)16-4-3-5-19(23)20(16)28-2;1-14(2)15(3,4)19-16(18-14)13-8-7-12(20-13)11-17-9-5-6-10-17/h5-13,16-17,19H,3-4,14-15,18H2,1-2H3;4-8,11-13H,2-3,9-10,14H2,1H3,(H,25,26);3-12H,1-2H3;7-8H,5-6,9-11H2,1-4H3. The second-order valence-corrected chi connectivity index (χ2v) is 38.7. The van der Waals surface area contributed by atoms with Gasteiger partial charge in [0.1, 0.15) is 5.65 Å². The van der Waals surface area contributed by atoms with Gasteiger partial charge in [0.2, 0.25) is 0 Å². The molecule has 4 fully saturated rings. The minimum Gasteiger partial charge on any atom is -0.493 e. The van der Waals surface area contributed by atoms with E-state index in [-0.39, 0.29) is 62.5 Å². The van der Waals surface area contributed by atoms with Crippen LogP contribution in [0.1, 0.15) is 92.0 Å². The molecular weight excluding hydrogens is 1650 g/mol. The van der Waals surface area contributed by atoms with Crippen molar-refractivity contribution >= 4 is 115 Å². The lowest BCUT2D eigenvalue weighted by Crippen LogP contribution is -2.41. The van der Waals surface area contributed by atoms with E-state index in [1.165, 1.54) is 151 Å². The van der Waals surface area contributed by atoms with E-state index in [0.717, 1.165) is 86.0 Å². The fourth-order valence-corrected chi connectivity index (χ4v) is 21.2. The highest BCUT2D eigenvalue weighted by molar-refractivity contribution is 9.10. The Bertz CT molecular complexity index is 6150. The van der Waals surface area contributed by atoms with Crippen LogP contribution in [-0.2, 0) is 49.0 Å². The number of benzene rings is 5. The highest BCUT2D eigenvalue weighted by atomic mass is 79.9. The van der Waals surface area contributed by atoms with Crippen molar-refractivity contribution in [3.63, 3.8) is 0 Å². The fourth-order valence-electron chi connectivity index (χ4n) is 15.1. The van der Waals surface area contributed by atoms with Crippen molar-refractivity contribution in [3.8, 4) is 71.5 Å². The molecule has 0 bridgehead atoms. The number of aromatic nitrogens is 6. The van der Waals surface area contributed by atoms with Crippen molar-refractivity contribution in [2.45, 2.75) is 121 Å². The number of likely N-dealkylation sites (tertiary alicyclic amines) is 3. The van der Waals surface area contributed by atoms with Crippen LogP contribution in [0.15, 0.2) is 209 Å². The first-order valence-electron chi connectivity index (χ1n) is 38.9. The van der Waals surface area contributed by atoms with Crippen molar-refractivity contribution in [3.05, 3.63) is 243 Å². The lowest BCUT2D eigenvalue weighted by molar-refractivity contribution is 0.00578. The molecule has 9 aromatic heterocycles. The van der Waals surface area contributed by atoms with Crippen molar-refractivity contribution < 1.29 is 53.5 Å². The van der Waals surface area contributed by atoms with Gasteiger partial charge in [-0.05, 0) is 226 Å². The van der Waals surface area contributed by atoms with E-state index in [4.69, 9.17) is 23.5 Å². The molecule has 4 aliphatic rings. The van der Waals surface area contributed by atoms with E-state index < -0.39 is 31.7 Å².